The van der Waals surface area contributed by atoms with Crippen LogP contribution in [-0.2, 0) is 4.79 Å². The van der Waals surface area contributed by atoms with Crippen LogP contribution in [0.2, 0.25) is 0 Å². The van der Waals surface area contributed by atoms with Crippen molar-refractivity contribution in [2.45, 2.75) is 44.7 Å². The maximum Gasteiger partial charge on any atom is 0.319 e. The summed E-state index contributed by atoms with van der Waals surface area (Å²) in [5, 5.41) is 4.18. The average Bonchev–Trinajstić information content (AvgIpc) is 3.86. The molecule has 3 fully saturated rings. The summed E-state index contributed by atoms with van der Waals surface area (Å²) in [4.78, 5) is 37.4. The van der Waals surface area contributed by atoms with Gasteiger partial charge < -0.3 is 14.5 Å². The van der Waals surface area contributed by atoms with E-state index in [-0.39, 0.29) is 41.9 Å². The molecule has 1 amide bonds. The Morgan fingerprint density at radius 2 is 1.98 bits per heavy atom. The second kappa shape index (κ2) is 13.3. The Balaban J connectivity index is 1.18. The lowest BCUT2D eigenvalue weighted by molar-refractivity contribution is -0.129. The van der Waals surface area contributed by atoms with Crippen LogP contribution in [0, 0.1) is 24.1 Å². The smallest absolute Gasteiger partial charge is 0.319 e. The molecule has 3 atom stereocenters. The normalized spacial score (nSPS) is 22.5. The highest BCUT2D eigenvalue weighted by Crippen LogP contribution is 2.42. The van der Waals surface area contributed by atoms with Crippen LogP contribution in [0.1, 0.15) is 43.7 Å². The summed E-state index contributed by atoms with van der Waals surface area (Å²) in [5.41, 5.74) is 1.32. The van der Waals surface area contributed by atoms with Crippen molar-refractivity contribution < 1.29 is 18.3 Å². The number of thiazole rings is 1. The molecule has 6 heterocycles. The molecule has 0 saturated carbocycles. The summed E-state index contributed by atoms with van der Waals surface area (Å²) >= 11 is 1.25. The van der Waals surface area contributed by atoms with E-state index in [0.29, 0.717) is 46.4 Å². The van der Waals surface area contributed by atoms with Crippen molar-refractivity contribution in [1.82, 2.24) is 29.7 Å². The van der Waals surface area contributed by atoms with Gasteiger partial charge in [-0.2, -0.15) is 9.97 Å². The van der Waals surface area contributed by atoms with Crippen molar-refractivity contribution in [3.8, 4) is 29.6 Å². The summed E-state index contributed by atoms with van der Waals surface area (Å²) in [5.74, 6) is 1.58. The maximum atomic E-state index is 17.0. The van der Waals surface area contributed by atoms with E-state index in [4.69, 9.17) is 21.1 Å². The summed E-state index contributed by atoms with van der Waals surface area (Å²) in [7, 11) is 0. The number of fused-ring (bicyclic) bond motifs is 3. The number of aromatic nitrogens is 4. The molecule has 0 unspecified atom stereocenters. The maximum absolute atomic E-state index is 17.0. The number of pyridine rings is 1. The topological polar surface area (TPSA) is 87.6 Å². The number of nitrogens with zero attached hydrogens (tertiary/aromatic N) is 7. The Hall–Kier alpha value is -4.99. The van der Waals surface area contributed by atoms with Gasteiger partial charge in [-0.15, -0.1) is 17.8 Å². The van der Waals surface area contributed by atoms with Gasteiger partial charge in [0.25, 0.3) is 5.91 Å². The summed E-state index contributed by atoms with van der Waals surface area (Å²) in [6.45, 7) is 7.46. The molecular formula is C39H37F2N7O2S. The van der Waals surface area contributed by atoms with Gasteiger partial charge in [-0.1, -0.05) is 43.2 Å². The molecular weight excluding hydrogens is 669 g/mol. The third-order valence-electron chi connectivity index (χ3n) is 10.5. The molecule has 0 N–H and O–H groups in total. The van der Waals surface area contributed by atoms with Crippen molar-refractivity contribution in [3.63, 3.8) is 0 Å². The van der Waals surface area contributed by atoms with E-state index in [1.165, 1.54) is 16.2 Å². The number of hydrogen-bond acceptors (Lipinski definition) is 9. The summed E-state index contributed by atoms with van der Waals surface area (Å²) in [6.07, 6.45) is 13.4. The van der Waals surface area contributed by atoms with E-state index in [0.717, 1.165) is 49.2 Å². The number of rotatable bonds is 7. The van der Waals surface area contributed by atoms with Crippen LogP contribution < -0.4 is 9.64 Å². The van der Waals surface area contributed by atoms with Gasteiger partial charge in [0, 0.05) is 72.6 Å². The first-order chi connectivity index (χ1) is 24.7. The van der Waals surface area contributed by atoms with Crippen molar-refractivity contribution in [2.24, 2.45) is 5.92 Å². The zero-order chi connectivity index (χ0) is 35.3. The Morgan fingerprint density at radius 3 is 2.76 bits per heavy atom. The van der Waals surface area contributed by atoms with E-state index in [9.17, 15) is 9.18 Å². The van der Waals surface area contributed by atoms with Gasteiger partial charge >= 0.3 is 6.01 Å². The van der Waals surface area contributed by atoms with Crippen LogP contribution in [0.4, 0.5) is 14.6 Å². The predicted octanol–water partition coefficient (Wildman–Crippen LogP) is 6.72. The lowest BCUT2D eigenvalue weighted by Gasteiger charge is -2.40. The molecule has 5 aromatic rings. The first-order valence-corrected chi connectivity index (χ1v) is 18.2. The highest BCUT2D eigenvalue weighted by atomic mass is 32.1. The number of amides is 1. The highest BCUT2D eigenvalue weighted by Gasteiger charge is 2.48. The molecule has 9 nitrogen and oxygen atoms in total. The van der Waals surface area contributed by atoms with Gasteiger partial charge in [0.05, 0.1) is 10.9 Å². The fourth-order valence-electron chi connectivity index (χ4n) is 8.26. The Labute approximate surface area is 299 Å². The largest absolute Gasteiger partial charge is 0.461 e. The van der Waals surface area contributed by atoms with Gasteiger partial charge in [-0.05, 0) is 50.1 Å². The number of carbonyl (C=O) groups excluding carboxylic acids is 1. The van der Waals surface area contributed by atoms with Gasteiger partial charge in [0.15, 0.2) is 11.6 Å². The van der Waals surface area contributed by atoms with Crippen LogP contribution >= 0.6 is 11.3 Å². The SMILES string of the molecule is C#Cc1cccc2cccc(-c3ncc4c(N5CCN(C(=O)/C(F)=C/c6nccs6)C[C@@H]5C)nc(OC[C@@]56CCCN5C[C@H](C)C6)nc4c3F)c12. The Kier molecular flexibility index (Phi) is 8.64. The Bertz CT molecular complexity index is 2220. The lowest BCUT2D eigenvalue weighted by Crippen LogP contribution is -2.54. The summed E-state index contributed by atoms with van der Waals surface area (Å²) < 4.78 is 38.4. The minimum absolute atomic E-state index is 0.0823. The van der Waals surface area contributed by atoms with E-state index in [1.54, 1.807) is 17.8 Å². The zero-order valence-electron chi connectivity index (χ0n) is 28.5. The quantitative estimate of drug-likeness (QED) is 0.136. The molecule has 0 radical (unpaired) electrons. The van der Waals surface area contributed by atoms with Crippen molar-refractivity contribution >= 4 is 50.8 Å². The second-order valence-electron chi connectivity index (χ2n) is 13.9. The number of benzene rings is 2. The van der Waals surface area contributed by atoms with Crippen molar-refractivity contribution in [2.75, 3.05) is 44.2 Å². The monoisotopic (exact) mass is 705 g/mol. The number of terminal acetylenes is 1. The molecule has 3 saturated heterocycles. The Morgan fingerprint density at radius 1 is 1.14 bits per heavy atom. The molecule has 3 aliphatic heterocycles. The van der Waals surface area contributed by atoms with Gasteiger partial charge in [-0.25, -0.2) is 13.8 Å². The molecule has 0 aliphatic carbocycles. The van der Waals surface area contributed by atoms with E-state index in [2.05, 4.69) is 27.7 Å². The molecule has 8 rings (SSSR count). The van der Waals surface area contributed by atoms with Crippen molar-refractivity contribution in [3.05, 3.63) is 76.4 Å². The molecule has 12 heteroatoms. The number of carbonyl (C=O) groups is 1. The standard InChI is InChI=1S/C39H37F2N7O2S/c1-4-26-8-5-9-27-10-6-11-28(32(26)27)34-33(41)35-29(20-43-34)36(45-38(44-35)50-23-39-12-7-14-47(39)21-24(2)19-39)48-16-15-46(22-25(48)3)37(49)30(40)18-31-42-13-17-51-31/h1,5-6,8-11,13,17-18,20,24-25H,7,12,14-16,19,21-23H2,2-3H3/b30-18-/t24-,25+,39+/m1/s1. The third-order valence-corrected chi connectivity index (χ3v) is 11.2. The number of ether oxygens (including phenoxy) is 1. The lowest BCUT2D eigenvalue weighted by atomic mass is 9.92. The third kappa shape index (κ3) is 5.98. The van der Waals surface area contributed by atoms with Gasteiger partial charge in [-0.3, -0.25) is 14.7 Å². The fraction of sp³-hybridized carbons (Fsp3) is 0.359. The molecule has 0 bridgehead atoms. The molecule has 0 spiro atoms. The van der Waals surface area contributed by atoms with E-state index in [1.807, 2.05) is 48.2 Å². The predicted molar refractivity (Wildman–Crippen MR) is 196 cm³/mol. The van der Waals surface area contributed by atoms with Gasteiger partial charge in [0.1, 0.15) is 28.6 Å². The molecule has 260 valence electrons. The second-order valence-corrected chi connectivity index (χ2v) is 14.8. The first-order valence-electron chi connectivity index (χ1n) is 17.3. The molecule has 2 aromatic carbocycles. The molecule has 3 aromatic heterocycles. The average molecular weight is 706 g/mol. The van der Waals surface area contributed by atoms with Crippen LogP contribution in [0.3, 0.4) is 0 Å². The number of hydrogen-bond donors (Lipinski definition) is 0. The number of anilines is 1. The van der Waals surface area contributed by atoms with Crippen LogP contribution in [0.15, 0.2) is 60.0 Å². The van der Waals surface area contributed by atoms with Crippen molar-refractivity contribution in [1.29, 1.82) is 0 Å². The van der Waals surface area contributed by atoms with E-state index >= 15 is 4.39 Å². The molecule has 51 heavy (non-hydrogen) atoms. The van der Waals surface area contributed by atoms with Crippen LogP contribution in [0.5, 0.6) is 6.01 Å². The number of halogens is 2. The molecule has 3 aliphatic rings. The highest BCUT2D eigenvalue weighted by molar-refractivity contribution is 7.10. The van der Waals surface area contributed by atoms with E-state index < -0.39 is 17.6 Å². The van der Waals surface area contributed by atoms with Crippen LogP contribution in [0.25, 0.3) is 39.0 Å². The zero-order valence-corrected chi connectivity index (χ0v) is 29.3. The summed E-state index contributed by atoms with van der Waals surface area (Å²) in [6, 6.07) is 11.1. The number of piperazine rings is 1. The minimum atomic E-state index is -0.865. The fourth-order valence-corrected chi connectivity index (χ4v) is 8.81. The van der Waals surface area contributed by atoms with Gasteiger partial charge in [0.2, 0.25) is 0 Å². The minimum Gasteiger partial charge on any atom is -0.461 e. The van der Waals surface area contributed by atoms with Crippen LogP contribution in [-0.4, -0.2) is 86.6 Å². The first kappa shape index (κ1) is 33.2.